The van der Waals surface area contributed by atoms with Gasteiger partial charge in [-0.2, -0.15) is 0 Å². The van der Waals surface area contributed by atoms with Gasteiger partial charge in [0.15, 0.2) is 0 Å². The van der Waals surface area contributed by atoms with Crippen LogP contribution in [0.15, 0.2) is 24.3 Å². The Labute approximate surface area is 110 Å². The van der Waals surface area contributed by atoms with Gasteiger partial charge >= 0.3 is 0 Å². The Morgan fingerprint density at radius 3 is 2.50 bits per heavy atom. The molecule has 2 nitrogen and oxygen atoms in total. The van der Waals surface area contributed by atoms with Gasteiger partial charge in [-0.15, -0.1) is 0 Å². The van der Waals surface area contributed by atoms with Gasteiger partial charge in [-0.1, -0.05) is 30.7 Å². The first kappa shape index (κ1) is 12.2. The van der Waals surface area contributed by atoms with Crippen LogP contribution in [0, 0.1) is 0 Å². The standard InChI is InChI=1S/C16H24N2/c1-18(12-15-8-4-5-9-17-15)16-10-13-6-2-3-7-14(13)11-16/h2-3,6-7,15-17H,4-5,8-12H2,1H3. The molecule has 0 saturated carbocycles. The molecule has 1 aromatic rings. The van der Waals surface area contributed by atoms with Crippen LogP contribution in [0.5, 0.6) is 0 Å². The predicted octanol–water partition coefficient (Wildman–Crippen LogP) is 2.23. The number of benzene rings is 1. The zero-order valence-electron chi connectivity index (χ0n) is 11.4. The van der Waals surface area contributed by atoms with Crippen molar-refractivity contribution in [1.82, 2.24) is 10.2 Å². The SMILES string of the molecule is CN(CC1CCCCN1)C1Cc2ccccc2C1. The topological polar surface area (TPSA) is 15.3 Å². The molecule has 1 N–H and O–H groups in total. The second-order valence-electron chi connectivity index (χ2n) is 5.92. The van der Waals surface area contributed by atoms with Crippen LogP contribution in [-0.2, 0) is 12.8 Å². The number of rotatable bonds is 3. The average Bonchev–Trinajstić information content (AvgIpc) is 2.84. The first-order chi connectivity index (χ1) is 8.83. The van der Waals surface area contributed by atoms with Crippen LogP contribution in [0.2, 0.25) is 0 Å². The fourth-order valence-electron chi connectivity index (χ4n) is 3.42. The molecule has 0 radical (unpaired) electrons. The first-order valence-corrected chi connectivity index (χ1v) is 7.33. The maximum absolute atomic E-state index is 3.65. The normalized spacial score (nSPS) is 24.4. The van der Waals surface area contributed by atoms with E-state index < -0.39 is 0 Å². The number of likely N-dealkylation sites (N-methyl/N-ethyl adjacent to an activating group) is 1. The van der Waals surface area contributed by atoms with Crippen molar-refractivity contribution in [2.24, 2.45) is 0 Å². The average molecular weight is 244 g/mol. The monoisotopic (exact) mass is 244 g/mol. The minimum atomic E-state index is 0.714. The maximum Gasteiger partial charge on any atom is 0.0195 e. The van der Waals surface area contributed by atoms with Gasteiger partial charge in [0.05, 0.1) is 0 Å². The molecule has 1 aliphatic carbocycles. The van der Waals surface area contributed by atoms with E-state index in [1.807, 2.05) is 0 Å². The van der Waals surface area contributed by atoms with Gasteiger partial charge in [0, 0.05) is 18.6 Å². The lowest BCUT2D eigenvalue weighted by Gasteiger charge is -2.31. The summed E-state index contributed by atoms with van der Waals surface area (Å²) >= 11 is 0. The smallest absolute Gasteiger partial charge is 0.0195 e. The van der Waals surface area contributed by atoms with Crippen LogP contribution in [0.1, 0.15) is 30.4 Å². The molecule has 98 valence electrons. The third-order valence-corrected chi connectivity index (χ3v) is 4.57. The maximum atomic E-state index is 3.65. The fraction of sp³-hybridized carbons (Fsp3) is 0.625. The van der Waals surface area contributed by atoms with Crippen LogP contribution < -0.4 is 5.32 Å². The highest BCUT2D eigenvalue weighted by atomic mass is 15.2. The third kappa shape index (κ3) is 2.60. The van der Waals surface area contributed by atoms with Gasteiger partial charge in [0.25, 0.3) is 0 Å². The number of nitrogens with zero attached hydrogens (tertiary/aromatic N) is 1. The quantitative estimate of drug-likeness (QED) is 0.877. The Morgan fingerprint density at radius 2 is 1.89 bits per heavy atom. The van der Waals surface area contributed by atoms with Crippen molar-refractivity contribution in [3.05, 3.63) is 35.4 Å². The number of nitrogens with one attached hydrogen (secondary N) is 1. The van der Waals surface area contributed by atoms with Crippen molar-refractivity contribution in [2.75, 3.05) is 20.1 Å². The molecule has 1 unspecified atom stereocenters. The zero-order chi connectivity index (χ0) is 12.4. The van der Waals surface area contributed by atoms with E-state index >= 15 is 0 Å². The Kier molecular flexibility index (Phi) is 3.67. The van der Waals surface area contributed by atoms with Crippen molar-refractivity contribution in [3.8, 4) is 0 Å². The molecule has 1 aromatic carbocycles. The summed E-state index contributed by atoms with van der Waals surface area (Å²) in [5.74, 6) is 0. The van der Waals surface area contributed by atoms with E-state index in [0.717, 1.165) is 0 Å². The number of fused-ring (bicyclic) bond motifs is 1. The van der Waals surface area contributed by atoms with E-state index in [2.05, 4.69) is 41.5 Å². The predicted molar refractivity (Wildman–Crippen MR) is 75.9 cm³/mol. The van der Waals surface area contributed by atoms with Crippen molar-refractivity contribution < 1.29 is 0 Å². The summed E-state index contributed by atoms with van der Waals surface area (Å²) in [5, 5.41) is 3.65. The van der Waals surface area contributed by atoms with Crippen molar-refractivity contribution in [3.63, 3.8) is 0 Å². The van der Waals surface area contributed by atoms with E-state index in [4.69, 9.17) is 0 Å². The molecule has 1 aliphatic heterocycles. The van der Waals surface area contributed by atoms with E-state index in [0.29, 0.717) is 12.1 Å². The van der Waals surface area contributed by atoms with E-state index in [1.165, 1.54) is 45.2 Å². The van der Waals surface area contributed by atoms with Crippen LogP contribution >= 0.6 is 0 Å². The molecule has 1 heterocycles. The number of hydrogen-bond acceptors (Lipinski definition) is 2. The Balaban J connectivity index is 1.56. The summed E-state index contributed by atoms with van der Waals surface area (Å²) < 4.78 is 0. The van der Waals surface area contributed by atoms with E-state index in [9.17, 15) is 0 Å². The van der Waals surface area contributed by atoms with Crippen LogP contribution in [0.25, 0.3) is 0 Å². The summed E-state index contributed by atoms with van der Waals surface area (Å²) in [4.78, 5) is 2.57. The third-order valence-electron chi connectivity index (χ3n) is 4.57. The van der Waals surface area contributed by atoms with Gasteiger partial charge in [-0.05, 0) is 50.4 Å². The fourth-order valence-corrected chi connectivity index (χ4v) is 3.42. The molecular formula is C16H24N2. The summed E-state index contributed by atoms with van der Waals surface area (Å²) in [6.07, 6.45) is 6.58. The van der Waals surface area contributed by atoms with E-state index in [1.54, 1.807) is 11.1 Å². The number of hydrogen-bond donors (Lipinski definition) is 1. The van der Waals surface area contributed by atoms with Crippen LogP contribution in [0.4, 0.5) is 0 Å². The second kappa shape index (κ2) is 5.41. The van der Waals surface area contributed by atoms with Crippen molar-refractivity contribution in [2.45, 2.75) is 44.2 Å². The molecule has 0 amide bonds. The highest BCUT2D eigenvalue weighted by Crippen LogP contribution is 2.25. The molecule has 1 saturated heterocycles. The zero-order valence-corrected chi connectivity index (χ0v) is 11.4. The molecule has 3 rings (SSSR count). The lowest BCUT2D eigenvalue weighted by atomic mass is 10.0. The Morgan fingerprint density at radius 1 is 1.17 bits per heavy atom. The minimum Gasteiger partial charge on any atom is -0.313 e. The summed E-state index contributed by atoms with van der Waals surface area (Å²) in [6.45, 7) is 2.42. The van der Waals surface area contributed by atoms with Crippen LogP contribution in [0.3, 0.4) is 0 Å². The van der Waals surface area contributed by atoms with Crippen LogP contribution in [-0.4, -0.2) is 37.1 Å². The molecule has 1 fully saturated rings. The lowest BCUT2D eigenvalue weighted by molar-refractivity contribution is 0.207. The molecule has 0 spiro atoms. The summed E-state index contributed by atoms with van der Waals surface area (Å²) in [5.41, 5.74) is 3.12. The van der Waals surface area contributed by atoms with Gasteiger partial charge in [-0.25, -0.2) is 0 Å². The largest absolute Gasteiger partial charge is 0.313 e. The molecule has 2 aliphatic rings. The molecule has 1 atom stereocenters. The van der Waals surface area contributed by atoms with Gasteiger partial charge in [-0.3, -0.25) is 0 Å². The molecule has 18 heavy (non-hydrogen) atoms. The second-order valence-corrected chi connectivity index (χ2v) is 5.92. The van der Waals surface area contributed by atoms with E-state index in [-0.39, 0.29) is 0 Å². The summed E-state index contributed by atoms with van der Waals surface area (Å²) in [7, 11) is 2.30. The highest BCUT2D eigenvalue weighted by molar-refractivity contribution is 5.33. The first-order valence-electron chi connectivity index (χ1n) is 7.33. The highest BCUT2D eigenvalue weighted by Gasteiger charge is 2.26. The number of piperidine rings is 1. The summed E-state index contributed by atoms with van der Waals surface area (Å²) in [6, 6.07) is 10.4. The lowest BCUT2D eigenvalue weighted by Crippen LogP contribution is -2.45. The van der Waals surface area contributed by atoms with Crippen molar-refractivity contribution >= 4 is 0 Å². The van der Waals surface area contributed by atoms with Gasteiger partial charge in [0.1, 0.15) is 0 Å². The van der Waals surface area contributed by atoms with Gasteiger partial charge < -0.3 is 10.2 Å². The molecular weight excluding hydrogens is 220 g/mol. The van der Waals surface area contributed by atoms with Gasteiger partial charge in [0.2, 0.25) is 0 Å². The Bertz CT molecular complexity index is 371. The minimum absolute atomic E-state index is 0.714. The van der Waals surface area contributed by atoms with Crippen molar-refractivity contribution in [1.29, 1.82) is 0 Å². The Hall–Kier alpha value is -0.860. The molecule has 2 heteroatoms. The molecule has 0 aromatic heterocycles. The molecule has 0 bridgehead atoms.